The fourth-order valence-corrected chi connectivity index (χ4v) is 1.18. The molecule has 14 heavy (non-hydrogen) atoms. The average molecular weight is 222 g/mol. The lowest BCUT2D eigenvalue weighted by Gasteiger charge is -2.12. The van der Waals surface area contributed by atoms with E-state index in [2.05, 4.69) is 0 Å². The molecule has 2 nitrogen and oxygen atoms in total. The highest BCUT2D eigenvalue weighted by molar-refractivity contribution is 6.31. The number of hydrogen-bond donors (Lipinski definition) is 1. The van der Waals surface area contributed by atoms with E-state index in [1.165, 1.54) is 6.07 Å². The van der Waals surface area contributed by atoms with E-state index in [-0.39, 0.29) is 5.75 Å². The maximum atomic E-state index is 11.9. The zero-order chi connectivity index (χ0) is 10.7. The van der Waals surface area contributed by atoms with Crippen molar-refractivity contribution in [2.75, 3.05) is 12.3 Å². The zero-order valence-corrected chi connectivity index (χ0v) is 8.31. The number of anilines is 1. The Hall–Kier alpha value is -1.03. The molecule has 0 fully saturated rings. The van der Waals surface area contributed by atoms with Gasteiger partial charge in [0.25, 0.3) is 6.43 Å². The maximum absolute atomic E-state index is 11.9. The first kappa shape index (κ1) is 11.0. The third-order valence-corrected chi connectivity index (χ3v) is 2.13. The Morgan fingerprint density at radius 2 is 2.14 bits per heavy atom. The molecule has 0 aromatic heterocycles. The van der Waals surface area contributed by atoms with Crippen molar-refractivity contribution in [2.24, 2.45) is 0 Å². The number of nitrogen functional groups attached to an aromatic ring is 1. The fourth-order valence-electron chi connectivity index (χ4n) is 1.03. The minimum Gasteiger partial charge on any atom is -0.485 e. The van der Waals surface area contributed by atoms with Crippen molar-refractivity contribution in [3.8, 4) is 5.75 Å². The SMILES string of the molecule is Cc1c(Cl)ccc(N)c1OCC(F)F. The van der Waals surface area contributed by atoms with Crippen LogP contribution in [0.1, 0.15) is 5.56 Å². The molecule has 0 aliphatic heterocycles. The Kier molecular flexibility index (Phi) is 3.52. The van der Waals surface area contributed by atoms with E-state index in [1.807, 2.05) is 0 Å². The van der Waals surface area contributed by atoms with E-state index in [0.717, 1.165) is 0 Å². The molecule has 0 atom stereocenters. The van der Waals surface area contributed by atoms with Crippen molar-refractivity contribution in [1.82, 2.24) is 0 Å². The van der Waals surface area contributed by atoms with Gasteiger partial charge in [-0.15, -0.1) is 0 Å². The van der Waals surface area contributed by atoms with Crippen LogP contribution in [0.3, 0.4) is 0 Å². The number of hydrogen-bond acceptors (Lipinski definition) is 2. The average Bonchev–Trinajstić information content (AvgIpc) is 2.11. The van der Waals surface area contributed by atoms with Gasteiger partial charge in [-0.25, -0.2) is 8.78 Å². The monoisotopic (exact) mass is 221 g/mol. The highest BCUT2D eigenvalue weighted by Crippen LogP contribution is 2.31. The van der Waals surface area contributed by atoms with Crippen LogP contribution in [0.15, 0.2) is 12.1 Å². The van der Waals surface area contributed by atoms with Gasteiger partial charge in [-0.2, -0.15) is 0 Å². The summed E-state index contributed by atoms with van der Waals surface area (Å²) in [5.41, 5.74) is 6.44. The molecule has 0 saturated heterocycles. The predicted octanol–water partition coefficient (Wildman–Crippen LogP) is 2.87. The molecule has 0 radical (unpaired) electrons. The molecule has 1 aromatic rings. The van der Waals surface area contributed by atoms with Gasteiger partial charge in [0.1, 0.15) is 12.4 Å². The van der Waals surface area contributed by atoms with E-state index < -0.39 is 13.0 Å². The lowest BCUT2D eigenvalue weighted by molar-refractivity contribution is 0.0820. The Labute approximate surface area is 85.6 Å². The van der Waals surface area contributed by atoms with E-state index in [4.69, 9.17) is 22.1 Å². The van der Waals surface area contributed by atoms with Crippen LogP contribution in [-0.2, 0) is 0 Å². The Balaban J connectivity index is 2.89. The minimum atomic E-state index is -2.52. The van der Waals surface area contributed by atoms with Gasteiger partial charge in [0.2, 0.25) is 0 Å². The second-order valence-electron chi connectivity index (χ2n) is 2.79. The lowest BCUT2D eigenvalue weighted by Crippen LogP contribution is -2.09. The summed E-state index contributed by atoms with van der Waals surface area (Å²) in [7, 11) is 0. The molecule has 1 rings (SSSR count). The molecule has 0 spiro atoms. The van der Waals surface area contributed by atoms with Crippen LogP contribution >= 0.6 is 11.6 Å². The normalized spacial score (nSPS) is 10.6. The number of alkyl halides is 2. The van der Waals surface area contributed by atoms with E-state index in [1.54, 1.807) is 13.0 Å². The summed E-state index contributed by atoms with van der Waals surface area (Å²) in [4.78, 5) is 0. The van der Waals surface area contributed by atoms with Crippen molar-refractivity contribution in [1.29, 1.82) is 0 Å². The summed E-state index contributed by atoms with van der Waals surface area (Å²) in [6.45, 7) is 0.991. The van der Waals surface area contributed by atoms with Crippen LogP contribution in [0.25, 0.3) is 0 Å². The van der Waals surface area contributed by atoms with Crippen molar-refractivity contribution < 1.29 is 13.5 Å². The number of nitrogens with two attached hydrogens (primary N) is 1. The molecule has 5 heteroatoms. The second kappa shape index (κ2) is 4.46. The van der Waals surface area contributed by atoms with Gasteiger partial charge < -0.3 is 10.5 Å². The largest absolute Gasteiger partial charge is 0.485 e. The highest BCUT2D eigenvalue weighted by Gasteiger charge is 2.10. The highest BCUT2D eigenvalue weighted by atomic mass is 35.5. The van der Waals surface area contributed by atoms with Gasteiger partial charge in [-0.1, -0.05) is 11.6 Å². The number of halogens is 3. The van der Waals surface area contributed by atoms with Crippen molar-refractivity contribution >= 4 is 17.3 Å². The van der Waals surface area contributed by atoms with Crippen LogP contribution in [0, 0.1) is 6.92 Å². The summed E-state index contributed by atoms with van der Waals surface area (Å²) in [6.07, 6.45) is -2.52. The fraction of sp³-hybridized carbons (Fsp3) is 0.333. The molecule has 0 heterocycles. The van der Waals surface area contributed by atoms with Gasteiger partial charge in [0.15, 0.2) is 0 Å². The number of benzene rings is 1. The molecular formula is C9H10ClF2NO. The van der Waals surface area contributed by atoms with Crippen LogP contribution in [-0.4, -0.2) is 13.0 Å². The number of ether oxygens (including phenoxy) is 1. The molecule has 2 N–H and O–H groups in total. The zero-order valence-electron chi connectivity index (χ0n) is 7.56. The first-order chi connectivity index (χ1) is 6.52. The topological polar surface area (TPSA) is 35.2 Å². The van der Waals surface area contributed by atoms with E-state index >= 15 is 0 Å². The molecular weight excluding hydrogens is 212 g/mol. The van der Waals surface area contributed by atoms with Gasteiger partial charge in [-0.3, -0.25) is 0 Å². The van der Waals surface area contributed by atoms with Crippen LogP contribution < -0.4 is 10.5 Å². The van der Waals surface area contributed by atoms with Crippen molar-refractivity contribution in [3.63, 3.8) is 0 Å². The van der Waals surface area contributed by atoms with E-state index in [0.29, 0.717) is 16.3 Å². The van der Waals surface area contributed by atoms with Gasteiger partial charge in [0, 0.05) is 10.6 Å². The number of rotatable bonds is 3. The molecule has 0 aliphatic carbocycles. The summed E-state index contributed by atoms with van der Waals surface area (Å²) < 4.78 is 28.6. The minimum absolute atomic E-state index is 0.234. The molecule has 0 saturated carbocycles. The quantitative estimate of drug-likeness (QED) is 0.797. The molecule has 78 valence electrons. The third-order valence-electron chi connectivity index (χ3n) is 1.72. The molecule has 0 amide bonds. The van der Waals surface area contributed by atoms with Gasteiger partial charge >= 0.3 is 0 Å². The second-order valence-corrected chi connectivity index (χ2v) is 3.20. The van der Waals surface area contributed by atoms with Crippen LogP contribution in [0.2, 0.25) is 5.02 Å². The van der Waals surface area contributed by atoms with Crippen molar-refractivity contribution in [2.45, 2.75) is 13.3 Å². The summed E-state index contributed by atoms with van der Waals surface area (Å²) in [5.74, 6) is 0.234. The van der Waals surface area contributed by atoms with Gasteiger partial charge in [0.05, 0.1) is 5.69 Å². The first-order valence-corrected chi connectivity index (χ1v) is 4.35. The smallest absolute Gasteiger partial charge is 0.272 e. The summed E-state index contributed by atoms with van der Waals surface area (Å²) >= 11 is 5.78. The summed E-state index contributed by atoms with van der Waals surface area (Å²) in [6, 6.07) is 3.12. The van der Waals surface area contributed by atoms with Crippen LogP contribution in [0.4, 0.5) is 14.5 Å². The first-order valence-electron chi connectivity index (χ1n) is 3.98. The molecule has 0 aliphatic rings. The maximum Gasteiger partial charge on any atom is 0.272 e. The van der Waals surface area contributed by atoms with E-state index in [9.17, 15) is 8.78 Å². The standard InChI is InChI=1S/C9H10ClF2NO/c1-5-6(10)2-3-7(13)9(5)14-4-8(11)12/h2-3,8H,4,13H2,1H3. The van der Waals surface area contributed by atoms with Gasteiger partial charge in [-0.05, 0) is 19.1 Å². The van der Waals surface area contributed by atoms with Crippen LogP contribution in [0.5, 0.6) is 5.75 Å². The summed E-state index contributed by atoms with van der Waals surface area (Å²) in [5, 5.41) is 0.448. The Morgan fingerprint density at radius 3 is 2.71 bits per heavy atom. The molecule has 0 unspecified atom stereocenters. The Bertz CT molecular complexity index is 331. The van der Waals surface area contributed by atoms with Crippen molar-refractivity contribution in [3.05, 3.63) is 22.7 Å². The Morgan fingerprint density at radius 1 is 1.50 bits per heavy atom. The predicted molar refractivity (Wildman–Crippen MR) is 52.1 cm³/mol. The molecule has 1 aromatic carbocycles. The lowest BCUT2D eigenvalue weighted by atomic mass is 10.2. The third kappa shape index (κ3) is 2.48. The molecule has 0 bridgehead atoms.